The van der Waals surface area contributed by atoms with Crippen molar-refractivity contribution in [1.82, 2.24) is 5.32 Å². The van der Waals surface area contributed by atoms with Gasteiger partial charge < -0.3 is 10.1 Å². The van der Waals surface area contributed by atoms with Crippen molar-refractivity contribution in [3.05, 3.63) is 0 Å². The molecule has 1 unspecified atom stereocenters. The van der Waals surface area contributed by atoms with Gasteiger partial charge in [0.1, 0.15) is 0 Å². The third-order valence-corrected chi connectivity index (χ3v) is 3.36. The number of ether oxygens (including phenoxy) is 1. The van der Waals surface area contributed by atoms with Crippen LogP contribution in [0.5, 0.6) is 0 Å². The van der Waals surface area contributed by atoms with Crippen LogP contribution in [0.4, 0.5) is 0 Å². The Hall–Kier alpha value is -0.0800. The van der Waals surface area contributed by atoms with Crippen LogP contribution in [0.3, 0.4) is 0 Å². The van der Waals surface area contributed by atoms with Crippen molar-refractivity contribution < 1.29 is 4.74 Å². The van der Waals surface area contributed by atoms with E-state index in [1.807, 2.05) is 0 Å². The van der Waals surface area contributed by atoms with Crippen LogP contribution in [-0.2, 0) is 4.74 Å². The van der Waals surface area contributed by atoms with Gasteiger partial charge in [0.25, 0.3) is 0 Å². The summed E-state index contributed by atoms with van der Waals surface area (Å²) in [4.78, 5) is 0. The number of hydrogen-bond acceptors (Lipinski definition) is 2. The van der Waals surface area contributed by atoms with Crippen molar-refractivity contribution in [2.75, 3.05) is 19.7 Å². The minimum atomic E-state index is 0.481. The van der Waals surface area contributed by atoms with E-state index in [0.717, 1.165) is 19.1 Å². The number of unbranched alkanes of at least 4 members (excludes halogenated alkanes) is 1. The quantitative estimate of drug-likeness (QED) is 0.702. The Kier molecular flexibility index (Phi) is 7.03. The summed E-state index contributed by atoms with van der Waals surface area (Å²) in [6.07, 6.45) is 8.27. The Morgan fingerprint density at radius 2 is 2.27 bits per heavy atom. The van der Waals surface area contributed by atoms with Crippen molar-refractivity contribution in [2.45, 2.75) is 58.5 Å². The fraction of sp³-hybridized carbons (Fsp3) is 1.00. The van der Waals surface area contributed by atoms with E-state index in [1.165, 1.54) is 45.1 Å². The summed E-state index contributed by atoms with van der Waals surface area (Å²) >= 11 is 0. The third-order valence-electron chi connectivity index (χ3n) is 3.36. The molecule has 0 spiro atoms. The number of hydrogen-bond donors (Lipinski definition) is 1. The van der Waals surface area contributed by atoms with Gasteiger partial charge in [-0.3, -0.25) is 0 Å². The van der Waals surface area contributed by atoms with Gasteiger partial charge in [0.05, 0.1) is 6.10 Å². The molecule has 1 heterocycles. The molecule has 15 heavy (non-hydrogen) atoms. The highest BCUT2D eigenvalue weighted by molar-refractivity contribution is 4.69. The minimum absolute atomic E-state index is 0.481. The summed E-state index contributed by atoms with van der Waals surface area (Å²) in [5.74, 6) is 0.784. The summed E-state index contributed by atoms with van der Waals surface area (Å²) < 4.78 is 5.97. The second-order valence-electron chi connectivity index (χ2n) is 4.72. The zero-order chi connectivity index (χ0) is 10.9. The highest BCUT2D eigenvalue weighted by atomic mass is 16.5. The molecular formula is C13H27NO. The Morgan fingerprint density at radius 3 is 2.87 bits per heavy atom. The van der Waals surface area contributed by atoms with Gasteiger partial charge >= 0.3 is 0 Å². The van der Waals surface area contributed by atoms with E-state index in [4.69, 9.17) is 4.74 Å². The largest absolute Gasteiger partial charge is 0.377 e. The first-order valence-electron chi connectivity index (χ1n) is 6.69. The predicted octanol–water partition coefficient (Wildman–Crippen LogP) is 2.97. The van der Waals surface area contributed by atoms with E-state index in [-0.39, 0.29) is 0 Å². The minimum Gasteiger partial charge on any atom is -0.377 e. The number of piperidine rings is 1. The summed E-state index contributed by atoms with van der Waals surface area (Å²) in [5.41, 5.74) is 0. The van der Waals surface area contributed by atoms with Crippen LogP contribution < -0.4 is 5.32 Å². The van der Waals surface area contributed by atoms with Crippen LogP contribution in [0.25, 0.3) is 0 Å². The summed E-state index contributed by atoms with van der Waals surface area (Å²) in [6.45, 7) is 7.75. The standard InChI is InChI=1S/C13H27NO/c1-3-5-7-12(4-2)11-15-13-8-6-9-14-10-13/h12-14H,3-11H2,1-2H3/t12?,13-/m0/s1. The van der Waals surface area contributed by atoms with Gasteiger partial charge in [-0.05, 0) is 31.7 Å². The van der Waals surface area contributed by atoms with Crippen molar-refractivity contribution in [1.29, 1.82) is 0 Å². The van der Waals surface area contributed by atoms with Crippen LogP contribution >= 0.6 is 0 Å². The van der Waals surface area contributed by atoms with Crippen LogP contribution in [0, 0.1) is 5.92 Å². The lowest BCUT2D eigenvalue weighted by Gasteiger charge is -2.25. The molecule has 0 saturated carbocycles. The number of nitrogens with one attached hydrogen (secondary N) is 1. The maximum absolute atomic E-state index is 5.97. The Morgan fingerprint density at radius 1 is 1.40 bits per heavy atom. The summed E-state index contributed by atoms with van der Waals surface area (Å²) in [7, 11) is 0. The molecule has 2 atom stereocenters. The normalized spacial score (nSPS) is 24.0. The first kappa shape index (κ1) is 13.0. The fourth-order valence-electron chi connectivity index (χ4n) is 2.13. The molecule has 90 valence electrons. The molecule has 1 fully saturated rings. The topological polar surface area (TPSA) is 21.3 Å². The highest BCUT2D eigenvalue weighted by Gasteiger charge is 2.15. The monoisotopic (exact) mass is 213 g/mol. The Bertz CT molecular complexity index is 143. The van der Waals surface area contributed by atoms with Crippen LogP contribution in [0.1, 0.15) is 52.4 Å². The molecule has 0 bridgehead atoms. The number of rotatable bonds is 7. The van der Waals surface area contributed by atoms with Gasteiger partial charge in [-0.25, -0.2) is 0 Å². The fourth-order valence-corrected chi connectivity index (χ4v) is 2.13. The average molecular weight is 213 g/mol. The lowest BCUT2D eigenvalue weighted by molar-refractivity contribution is 0.0128. The van der Waals surface area contributed by atoms with E-state index in [9.17, 15) is 0 Å². The molecule has 1 rings (SSSR count). The van der Waals surface area contributed by atoms with Gasteiger partial charge in [0.15, 0.2) is 0 Å². The molecule has 0 amide bonds. The summed E-state index contributed by atoms with van der Waals surface area (Å²) in [6, 6.07) is 0. The van der Waals surface area contributed by atoms with Crippen molar-refractivity contribution in [3.8, 4) is 0 Å². The lowest BCUT2D eigenvalue weighted by atomic mass is 10.0. The average Bonchev–Trinajstić information content (AvgIpc) is 2.31. The van der Waals surface area contributed by atoms with Gasteiger partial charge in [-0.1, -0.05) is 33.1 Å². The molecule has 0 aliphatic carbocycles. The zero-order valence-electron chi connectivity index (χ0n) is 10.4. The first-order valence-corrected chi connectivity index (χ1v) is 6.69. The van der Waals surface area contributed by atoms with Crippen LogP contribution in [0.15, 0.2) is 0 Å². The van der Waals surface area contributed by atoms with Gasteiger partial charge in [0.2, 0.25) is 0 Å². The van der Waals surface area contributed by atoms with Crippen molar-refractivity contribution in [3.63, 3.8) is 0 Å². The van der Waals surface area contributed by atoms with Gasteiger partial charge in [-0.2, -0.15) is 0 Å². The molecule has 1 N–H and O–H groups in total. The Labute approximate surface area is 94.8 Å². The van der Waals surface area contributed by atoms with E-state index in [2.05, 4.69) is 19.2 Å². The predicted molar refractivity (Wildman–Crippen MR) is 65.1 cm³/mol. The molecule has 0 aromatic heterocycles. The molecule has 1 aliphatic heterocycles. The maximum Gasteiger partial charge on any atom is 0.0700 e. The molecule has 1 saturated heterocycles. The molecule has 0 aromatic rings. The molecule has 1 aliphatic rings. The summed E-state index contributed by atoms with van der Waals surface area (Å²) in [5, 5.41) is 3.39. The molecule has 0 aromatic carbocycles. The molecule has 2 heteroatoms. The van der Waals surface area contributed by atoms with Crippen LogP contribution in [-0.4, -0.2) is 25.8 Å². The smallest absolute Gasteiger partial charge is 0.0700 e. The van der Waals surface area contributed by atoms with Crippen LogP contribution in [0.2, 0.25) is 0 Å². The maximum atomic E-state index is 5.97. The third kappa shape index (κ3) is 5.53. The van der Waals surface area contributed by atoms with Gasteiger partial charge in [-0.15, -0.1) is 0 Å². The first-order chi connectivity index (χ1) is 7.36. The molecular weight excluding hydrogens is 186 g/mol. The second kappa shape index (κ2) is 8.12. The van der Waals surface area contributed by atoms with Crippen molar-refractivity contribution >= 4 is 0 Å². The van der Waals surface area contributed by atoms with Gasteiger partial charge in [0, 0.05) is 13.2 Å². The lowest BCUT2D eigenvalue weighted by Crippen LogP contribution is -2.36. The van der Waals surface area contributed by atoms with Crippen molar-refractivity contribution in [2.24, 2.45) is 5.92 Å². The SMILES string of the molecule is CCCCC(CC)CO[C@H]1CCCNC1. The zero-order valence-corrected chi connectivity index (χ0v) is 10.4. The molecule has 0 radical (unpaired) electrons. The van der Waals surface area contributed by atoms with E-state index >= 15 is 0 Å². The second-order valence-corrected chi connectivity index (χ2v) is 4.72. The Balaban J connectivity index is 2.09. The van der Waals surface area contributed by atoms with E-state index in [0.29, 0.717) is 6.10 Å². The molecule has 2 nitrogen and oxygen atoms in total. The van der Waals surface area contributed by atoms with E-state index < -0.39 is 0 Å². The highest BCUT2D eigenvalue weighted by Crippen LogP contribution is 2.15. The van der Waals surface area contributed by atoms with E-state index in [1.54, 1.807) is 0 Å².